The molecule has 2 saturated heterocycles. The first-order valence-electron chi connectivity index (χ1n) is 19.0. The Morgan fingerprint density at radius 2 is 1.44 bits per heavy atom. The van der Waals surface area contributed by atoms with Gasteiger partial charge in [0.1, 0.15) is 29.9 Å². The van der Waals surface area contributed by atoms with E-state index in [-0.39, 0.29) is 24.0 Å². The molecular formula is C44H48N4O6. The van der Waals surface area contributed by atoms with Crippen molar-refractivity contribution in [2.75, 3.05) is 52.5 Å². The third-order valence-electron chi connectivity index (χ3n) is 10.6. The van der Waals surface area contributed by atoms with Crippen LogP contribution in [-0.4, -0.2) is 96.1 Å². The molecule has 2 N–H and O–H groups in total. The molecule has 280 valence electrons. The molecule has 0 aromatic heterocycles. The number of phenols is 1. The first-order chi connectivity index (χ1) is 26.4. The number of rotatable bonds is 14. The molecule has 3 aliphatic heterocycles. The monoisotopic (exact) mass is 728 g/mol. The number of imide groups is 1. The molecule has 0 aliphatic carbocycles. The number of benzene rings is 4. The molecule has 3 aliphatic rings. The third kappa shape index (κ3) is 8.51. The first-order valence-corrected chi connectivity index (χ1v) is 19.0. The Morgan fingerprint density at radius 1 is 0.759 bits per heavy atom. The molecule has 54 heavy (non-hydrogen) atoms. The fourth-order valence-corrected chi connectivity index (χ4v) is 7.72. The minimum atomic E-state index is -0.638. The van der Waals surface area contributed by atoms with Crippen LogP contribution in [0, 0.1) is 0 Å². The van der Waals surface area contributed by atoms with Crippen LogP contribution in [0.1, 0.15) is 65.2 Å². The van der Waals surface area contributed by atoms with E-state index >= 15 is 0 Å². The number of nitrogens with one attached hydrogen (secondary N) is 1. The Hall–Kier alpha value is -5.45. The number of carbonyl (C=O) groups excluding carboxylic acids is 3. The number of phenolic OH excluding ortho intramolecular Hbond substituents is 1. The van der Waals surface area contributed by atoms with Gasteiger partial charge >= 0.3 is 0 Å². The summed E-state index contributed by atoms with van der Waals surface area (Å²) < 4.78 is 12.4. The fourth-order valence-electron chi connectivity index (χ4n) is 7.72. The highest BCUT2D eigenvalue weighted by atomic mass is 16.5. The Morgan fingerprint density at radius 3 is 2.13 bits per heavy atom. The molecule has 3 heterocycles. The summed E-state index contributed by atoms with van der Waals surface area (Å²) in [4.78, 5) is 43.6. The number of hydrogen-bond acceptors (Lipinski definition) is 8. The number of piperazine rings is 1. The van der Waals surface area contributed by atoms with Crippen molar-refractivity contribution in [1.82, 2.24) is 20.0 Å². The average molecular weight is 729 g/mol. The molecule has 10 nitrogen and oxygen atoms in total. The maximum absolute atomic E-state index is 13.1. The highest BCUT2D eigenvalue weighted by Crippen LogP contribution is 2.36. The Kier molecular flexibility index (Phi) is 11.7. The van der Waals surface area contributed by atoms with Gasteiger partial charge in [-0.1, -0.05) is 67.6 Å². The van der Waals surface area contributed by atoms with Crippen molar-refractivity contribution in [3.05, 3.63) is 125 Å². The van der Waals surface area contributed by atoms with Gasteiger partial charge < -0.3 is 24.4 Å². The van der Waals surface area contributed by atoms with E-state index in [0.717, 1.165) is 80.1 Å². The molecule has 3 amide bonds. The number of nitrogens with zero attached hydrogens (tertiary/aromatic N) is 3. The minimum Gasteiger partial charge on any atom is -0.508 e. The van der Waals surface area contributed by atoms with Crippen molar-refractivity contribution in [1.29, 1.82) is 0 Å². The van der Waals surface area contributed by atoms with E-state index < -0.39 is 11.9 Å². The number of piperidine rings is 1. The molecule has 0 saturated carbocycles. The average Bonchev–Trinajstić information content (AvgIpc) is 3.53. The fraction of sp³-hybridized carbons (Fsp3) is 0.341. The first kappa shape index (κ1) is 36.9. The summed E-state index contributed by atoms with van der Waals surface area (Å²) in [6.07, 6.45) is 2.30. The van der Waals surface area contributed by atoms with Crippen molar-refractivity contribution in [2.45, 2.75) is 45.2 Å². The molecule has 4 aromatic carbocycles. The van der Waals surface area contributed by atoms with E-state index in [2.05, 4.69) is 58.4 Å². The van der Waals surface area contributed by atoms with Crippen LogP contribution in [0.25, 0.3) is 11.1 Å². The van der Waals surface area contributed by atoms with Crippen LogP contribution < -0.4 is 14.8 Å². The molecule has 0 radical (unpaired) electrons. The van der Waals surface area contributed by atoms with Crippen molar-refractivity contribution in [2.24, 2.45) is 0 Å². The second kappa shape index (κ2) is 17.1. The van der Waals surface area contributed by atoms with Gasteiger partial charge in [0.25, 0.3) is 5.91 Å². The predicted molar refractivity (Wildman–Crippen MR) is 208 cm³/mol. The van der Waals surface area contributed by atoms with Gasteiger partial charge in [0.15, 0.2) is 0 Å². The quantitative estimate of drug-likeness (QED) is 0.0927. The molecule has 10 heteroatoms. The van der Waals surface area contributed by atoms with E-state index in [1.807, 2.05) is 42.5 Å². The van der Waals surface area contributed by atoms with Crippen LogP contribution in [-0.2, 0) is 16.1 Å². The maximum atomic E-state index is 13.1. The lowest BCUT2D eigenvalue weighted by molar-refractivity contribution is -0.136. The van der Waals surface area contributed by atoms with Crippen LogP contribution in [0.15, 0.2) is 97.1 Å². The minimum absolute atomic E-state index is 0.191. The van der Waals surface area contributed by atoms with E-state index in [0.29, 0.717) is 37.5 Å². The molecule has 7 rings (SSSR count). The Bertz CT molecular complexity index is 1970. The van der Waals surface area contributed by atoms with E-state index in [9.17, 15) is 19.5 Å². The number of hydrogen-bond donors (Lipinski definition) is 2. The Balaban J connectivity index is 0.851. The SMILES string of the molecule is CCC(=C(c1ccc(O)cc1)c1ccc(OCCN2CCN(CCCOc3cccc4c3CN(C3CCC(=O)NC3=O)C4=O)CC2)cc1)c1ccccc1. The van der Waals surface area contributed by atoms with Gasteiger partial charge in [-0.2, -0.15) is 0 Å². The molecule has 1 unspecified atom stereocenters. The van der Waals surface area contributed by atoms with Gasteiger partial charge in [0, 0.05) is 56.8 Å². The smallest absolute Gasteiger partial charge is 0.255 e. The van der Waals surface area contributed by atoms with Crippen LogP contribution >= 0.6 is 0 Å². The van der Waals surface area contributed by atoms with Gasteiger partial charge in [0.2, 0.25) is 11.8 Å². The van der Waals surface area contributed by atoms with Gasteiger partial charge in [-0.3, -0.25) is 24.6 Å². The molecule has 0 spiro atoms. The molecule has 0 bridgehead atoms. The second-order valence-corrected chi connectivity index (χ2v) is 14.1. The van der Waals surface area contributed by atoms with Crippen molar-refractivity contribution in [3.8, 4) is 17.2 Å². The second-order valence-electron chi connectivity index (χ2n) is 14.1. The van der Waals surface area contributed by atoms with Crippen LogP contribution in [0.3, 0.4) is 0 Å². The van der Waals surface area contributed by atoms with Crippen molar-refractivity contribution >= 4 is 28.9 Å². The Labute approximate surface area is 317 Å². The summed E-state index contributed by atoms with van der Waals surface area (Å²) in [5.74, 6) is 0.885. The highest BCUT2D eigenvalue weighted by Gasteiger charge is 2.40. The van der Waals surface area contributed by atoms with Gasteiger partial charge in [0.05, 0.1) is 13.2 Å². The molecule has 1 atom stereocenters. The van der Waals surface area contributed by atoms with Gasteiger partial charge in [-0.25, -0.2) is 0 Å². The lowest BCUT2D eigenvalue weighted by atomic mass is 9.88. The standard InChI is InChI=1S/C44H48N4O6/c1-2-36(31-8-4-3-5-9-31)42(32-12-16-34(49)17-13-32)33-14-18-35(19-15-33)53-29-27-47-25-23-46(24-26-47)22-7-28-54-40-11-6-10-37-38(40)30-48(44(37)52)39-20-21-41(50)45-43(39)51/h3-6,8-19,39,49H,2,7,20-30H2,1H3,(H,45,50,51). The summed E-state index contributed by atoms with van der Waals surface area (Å²) in [6, 6.07) is 31.1. The summed E-state index contributed by atoms with van der Waals surface area (Å²) in [5, 5.41) is 12.3. The number of fused-ring (bicyclic) bond motifs is 1. The zero-order chi connectivity index (χ0) is 37.4. The summed E-state index contributed by atoms with van der Waals surface area (Å²) in [5.41, 5.74) is 7.13. The van der Waals surface area contributed by atoms with E-state index in [1.165, 1.54) is 11.1 Å². The number of carbonyl (C=O) groups is 3. The maximum Gasteiger partial charge on any atom is 0.255 e. The predicted octanol–water partition coefficient (Wildman–Crippen LogP) is 5.99. The van der Waals surface area contributed by atoms with E-state index in [4.69, 9.17) is 9.47 Å². The third-order valence-corrected chi connectivity index (χ3v) is 10.6. The number of ether oxygens (including phenoxy) is 2. The number of allylic oxidation sites excluding steroid dienone is 1. The van der Waals surface area contributed by atoms with Gasteiger partial charge in [-0.05, 0) is 83.5 Å². The summed E-state index contributed by atoms with van der Waals surface area (Å²) >= 11 is 0. The number of amides is 3. The summed E-state index contributed by atoms with van der Waals surface area (Å²) in [7, 11) is 0. The normalized spacial score (nSPS) is 18.3. The zero-order valence-corrected chi connectivity index (χ0v) is 30.8. The van der Waals surface area contributed by atoms with Crippen molar-refractivity contribution in [3.63, 3.8) is 0 Å². The lowest BCUT2D eigenvalue weighted by Gasteiger charge is -2.34. The summed E-state index contributed by atoms with van der Waals surface area (Å²) in [6.45, 7) is 9.35. The molecule has 2 fully saturated rings. The topological polar surface area (TPSA) is 112 Å². The molecule has 4 aromatic rings. The van der Waals surface area contributed by atoms with Crippen LogP contribution in [0.2, 0.25) is 0 Å². The largest absolute Gasteiger partial charge is 0.508 e. The number of aromatic hydroxyl groups is 1. The molecular weight excluding hydrogens is 681 g/mol. The highest BCUT2D eigenvalue weighted by molar-refractivity contribution is 6.05. The van der Waals surface area contributed by atoms with Crippen LogP contribution in [0.4, 0.5) is 0 Å². The van der Waals surface area contributed by atoms with Gasteiger partial charge in [-0.15, -0.1) is 0 Å². The zero-order valence-electron chi connectivity index (χ0n) is 30.8. The van der Waals surface area contributed by atoms with Crippen LogP contribution in [0.5, 0.6) is 17.2 Å². The van der Waals surface area contributed by atoms with Crippen molar-refractivity contribution < 1.29 is 29.0 Å². The van der Waals surface area contributed by atoms with E-state index in [1.54, 1.807) is 23.1 Å². The lowest BCUT2D eigenvalue weighted by Crippen LogP contribution is -2.52.